The Hall–Kier alpha value is -0.960. The Balaban J connectivity index is 2.20. The Morgan fingerprint density at radius 3 is 2.53 bits per heavy atom. The van der Waals surface area contributed by atoms with Crippen molar-refractivity contribution >= 4 is 0 Å². The van der Waals surface area contributed by atoms with Crippen LogP contribution in [-0.4, -0.2) is 35.0 Å². The van der Waals surface area contributed by atoms with Crippen LogP contribution in [0.5, 0.6) is 0 Å². The third-order valence-electron chi connectivity index (χ3n) is 2.99. The van der Waals surface area contributed by atoms with E-state index in [9.17, 15) is 0 Å². The Kier molecular flexibility index (Phi) is 3.00. The average Bonchev–Trinajstić information content (AvgIpc) is 2.16. The van der Waals surface area contributed by atoms with Crippen LogP contribution in [0.25, 0.3) is 0 Å². The summed E-state index contributed by atoms with van der Waals surface area (Å²) in [5.74, 6) is 1.57. The normalized spacial score (nSPS) is 23.0. The maximum absolute atomic E-state index is 4.55. The van der Waals surface area contributed by atoms with Gasteiger partial charge in [0.05, 0.1) is 0 Å². The van der Waals surface area contributed by atoms with Crippen LogP contribution in [0, 0.1) is 13.8 Å². The largest absolute Gasteiger partial charge is 0.306 e. The standard InChI is InChI=1S/C12H19N3/c1-9-7-10(2)14-12(13-9)11-5-4-6-15(3)8-11/h7,11H,4-6,8H2,1-3H3/t11-/m1/s1. The second-order valence-corrected chi connectivity index (χ2v) is 4.61. The van der Waals surface area contributed by atoms with Crippen LogP contribution in [0.4, 0.5) is 0 Å². The van der Waals surface area contributed by atoms with Crippen molar-refractivity contribution in [2.45, 2.75) is 32.6 Å². The molecule has 1 atom stereocenters. The zero-order valence-corrected chi connectivity index (χ0v) is 9.82. The topological polar surface area (TPSA) is 29.0 Å². The van der Waals surface area contributed by atoms with Crippen LogP contribution in [-0.2, 0) is 0 Å². The number of piperidine rings is 1. The van der Waals surface area contributed by atoms with Gasteiger partial charge in [-0.15, -0.1) is 0 Å². The first kappa shape index (κ1) is 10.6. The molecule has 0 amide bonds. The summed E-state index contributed by atoms with van der Waals surface area (Å²) in [4.78, 5) is 11.5. The van der Waals surface area contributed by atoms with E-state index in [1.54, 1.807) is 0 Å². The minimum absolute atomic E-state index is 0.530. The van der Waals surface area contributed by atoms with Gasteiger partial charge in [-0.25, -0.2) is 9.97 Å². The van der Waals surface area contributed by atoms with Crippen molar-refractivity contribution in [3.8, 4) is 0 Å². The molecule has 1 aromatic rings. The Morgan fingerprint density at radius 2 is 1.93 bits per heavy atom. The van der Waals surface area contributed by atoms with Gasteiger partial charge in [0.1, 0.15) is 5.82 Å². The van der Waals surface area contributed by atoms with Gasteiger partial charge in [-0.2, -0.15) is 0 Å². The summed E-state index contributed by atoms with van der Waals surface area (Å²) < 4.78 is 0. The molecule has 0 aromatic carbocycles. The first-order valence-electron chi connectivity index (χ1n) is 5.66. The third kappa shape index (κ3) is 2.53. The summed E-state index contributed by atoms with van der Waals surface area (Å²) in [6.07, 6.45) is 2.49. The molecule has 2 rings (SSSR count). The number of rotatable bonds is 1. The molecule has 0 spiro atoms. The van der Waals surface area contributed by atoms with Crippen LogP contribution in [0.15, 0.2) is 6.07 Å². The zero-order chi connectivity index (χ0) is 10.8. The highest BCUT2D eigenvalue weighted by atomic mass is 15.1. The maximum atomic E-state index is 4.55. The molecule has 1 aliphatic rings. The molecule has 1 aliphatic heterocycles. The van der Waals surface area contributed by atoms with Gasteiger partial charge in [0.15, 0.2) is 0 Å². The molecule has 1 aromatic heterocycles. The monoisotopic (exact) mass is 205 g/mol. The number of nitrogens with zero attached hydrogens (tertiary/aromatic N) is 3. The fraction of sp³-hybridized carbons (Fsp3) is 0.667. The van der Waals surface area contributed by atoms with E-state index in [1.807, 2.05) is 19.9 Å². The number of aromatic nitrogens is 2. The highest BCUT2D eigenvalue weighted by molar-refractivity contribution is 5.11. The van der Waals surface area contributed by atoms with Crippen LogP contribution < -0.4 is 0 Å². The summed E-state index contributed by atoms with van der Waals surface area (Å²) in [5.41, 5.74) is 2.18. The van der Waals surface area contributed by atoms with E-state index in [0.717, 1.165) is 23.8 Å². The van der Waals surface area contributed by atoms with Crippen molar-refractivity contribution in [2.24, 2.45) is 0 Å². The molecule has 0 unspecified atom stereocenters. The molecule has 0 aliphatic carbocycles. The van der Waals surface area contributed by atoms with Crippen molar-refractivity contribution in [1.82, 2.24) is 14.9 Å². The van der Waals surface area contributed by atoms with E-state index in [-0.39, 0.29) is 0 Å². The van der Waals surface area contributed by atoms with Crippen molar-refractivity contribution in [2.75, 3.05) is 20.1 Å². The number of aryl methyl sites for hydroxylation is 2. The van der Waals surface area contributed by atoms with Crippen LogP contribution in [0.1, 0.15) is 36.0 Å². The Morgan fingerprint density at radius 1 is 1.27 bits per heavy atom. The van der Waals surface area contributed by atoms with Crippen molar-refractivity contribution in [3.63, 3.8) is 0 Å². The molecule has 2 heterocycles. The zero-order valence-electron chi connectivity index (χ0n) is 9.82. The molecule has 15 heavy (non-hydrogen) atoms. The van der Waals surface area contributed by atoms with E-state index in [2.05, 4.69) is 21.9 Å². The van der Waals surface area contributed by atoms with Gasteiger partial charge in [0, 0.05) is 23.9 Å². The number of likely N-dealkylation sites (N-methyl/N-ethyl adjacent to an activating group) is 1. The lowest BCUT2D eigenvalue weighted by molar-refractivity contribution is 0.245. The maximum Gasteiger partial charge on any atom is 0.133 e. The smallest absolute Gasteiger partial charge is 0.133 e. The van der Waals surface area contributed by atoms with Crippen molar-refractivity contribution < 1.29 is 0 Å². The molecule has 3 nitrogen and oxygen atoms in total. The first-order chi connectivity index (χ1) is 7.15. The third-order valence-corrected chi connectivity index (χ3v) is 2.99. The van der Waals surface area contributed by atoms with Crippen molar-refractivity contribution in [3.05, 3.63) is 23.3 Å². The van der Waals surface area contributed by atoms with Gasteiger partial charge in [0.2, 0.25) is 0 Å². The first-order valence-corrected chi connectivity index (χ1v) is 5.66. The summed E-state index contributed by atoms with van der Waals surface area (Å²) in [5, 5.41) is 0. The van der Waals surface area contributed by atoms with E-state index < -0.39 is 0 Å². The van der Waals surface area contributed by atoms with Gasteiger partial charge in [0.25, 0.3) is 0 Å². The molecule has 0 radical (unpaired) electrons. The second-order valence-electron chi connectivity index (χ2n) is 4.61. The lowest BCUT2D eigenvalue weighted by Crippen LogP contribution is -2.31. The number of likely N-dealkylation sites (tertiary alicyclic amines) is 1. The molecular weight excluding hydrogens is 186 g/mol. The summed E-state index contributed by atoms with van der Waals surface area (Å²) in [6, 6.07) is 2.04. The predicted molar refractivity (Wildman–Crippen MR) is 61.0 cm³/mol. The minimum atomic E-state index is 0.530. The number of hydrogen-bond donors (Lipinski definition) is 0. The second kappa shape index (κ2) is 4.27. The van der Waals surface area contributed by atoms with E-state index >= 15 is 0 Å². The Labute approximate surface area is 91.5 Å². The van der Waals surface area contributed by atoms with Gasteiger partial charge in [-0.3, -0.25) is 0 Å². The highest BCUT2D eigenvalue weighted by Gasteiger charge is 2.21. The summed E-state index contributed by atoms with van der Waals surface area (Å²) in [6.45, 7) is 6.40. The molecule has 82 valence electrons. The van der Waals surface area contributed by atoms with Crippen LogP contribution >= 0.6 is 0 Å². The summed E-state index contributed by atoms with van der Waals surface area (Å²) >= 11 is 0. The van der Waals surface area contributed by atoms with Gasteiger partial charge in [-0.1, -0.05) is 0 Å². The summed E-state index contributed by atoms with van der Waals surface area (Å²) in [7, 11) is 2.18. The van der Waals surface area contributed by atoms with Gasteiger partial charge >= 0.3 is 0 Å². The molecule has 0 bridgehead atoms. The lowest BCUT2D eigenvalue weighted by atomic mass is 9.97. The predicted octanol–water partition coefficient (Wildman–Crippen LogP) is 1.90. The fourth-order valence-corrected chi connectivity index (χ4v) is 2.31. The molecule has 0 N–H and O–H groups in total. The molecular formula is C12H19N3. The molecule has 3 heteroatoms. The van der Waals surface area contributed by atoms with E-state index in [1.165, 1.54) is 19.4 Å². The number of hydrogen-bond acceptors (Lipinski definition) is 3. The Bertz CT molecular complexity index is 328. The fourth-order valence-electron chi connectivity index (χ4n) is 2.31. The van der Waals surface area contributed by atoms with E-state index in [0.29, 0.717) is 5.92 Å². The molecule has 1 fully saturated rings. The van der Waals surface area contributed by atoms with Gasteiger partial charge in [-0.05, 0) is 46.3 Å². The van der Waals surface area contributed by atoms with E-state index in [4.69, 9.17) is 0 Å². The quantitative estimate of drug-likeness (QED) is 0.701. The SMILES string of the molecule is Cc1cc(C)nc([C@@H]2CCCN(C)C2)n1. The molecule has 0 saturated carbocycles. The average molecular weight is 205 g/mol. The minimum Gasteiger partial charge on any atom is -0.306 e. The highest BCUT2D eigenvalue weighted by Crippen LogP contribution is 2.23. The molecule has 1 saturated heterocycles. The van der Waals surface area contributed by atoms with Gasteiger partial charge < -0.3 is 4.90 Å². The van der Waals surface area contributed by atoms with Crippen molar-refractivity contribution in [1.29, 1.82) is 0 Å². The lowest BCUT2D eigenvalue weighted by Gasteiger charge is -2.28. The van der Waals surface area contributed by atoms with Crippen LogP contribution in [0.2, 0.25) is 0 Å². The van der Waals surface area contributed by atoms with Crippen LogP contribution in [0.3, 0.4) is 0 Å².